The minimum atomic E-state index is -0.379. The first-order valence-corrected chi connectivity index (χ1v) is 7.70. The van der Waals surface area contributed by atoms with Crippen molar-refractivity contribution in [2.45, 2.75) is 38.6 Å². The van der Waals surface area contributed by atoms with Crippen LogP contribution in [0.15, 0.2) is 24.3 Å². The minimum absolute atomic E-state index is 0.124. The van der Waals surface area contributed by atoms with Gasteiger partial charge in [0.2, 0.25) is 0 Å². The summed E-state index contributed by atoms with van der Waals surface area (Å²) >= 11 is 0. The maximum Gasteiger partial charge on any atom is 0.269 e. The first-order chi connectivity index (χ1) is 10.1. The van der Waals surface area contributed by atoms with Crippen molar-refractivity contribution in [1.29, 1.82) is 0 Å². The average Bonchev–Trinajstić information content (AvgIpc) is 2.52. The lowest BCUT2D eigenvalue weighted by atomic mass is 9.79. The van der Waals surface area contributed by atoms with Crippen LogP contribution in [-0.2, 0) is 0 Å². The van der Waals surface area contributed by atoms with Gasteiger partial charge in [-0.05, 0) is 43.7 Å². The van der Waals surface area contributed by atoms with Crippen LogP contribution < -0.4 is 5.32 Å². The zero-order valence-electron chi connectivity index (χ0n) is 12.5. The van der Waals surface area contributed by atoms with E-state index in [1.54, 1.807) is 24.3 Å². The monoisotopic (exact) mass is 292 g/mol. The molecule has 21 heavy (non-hydrogen) atoms. The Kier molecular flexibility index (Phi) is 5.70. The molecule has 5 heteroatoms. The Morgan fingerprint density at radius 3 is 2.48 bits per heavy atom. The molecule has 0 aromatic heterocycles. The van der Waals surface area contributed by atoms with Gasteiger partial charge in [-0.25, -0.2) is 0 Å². The molecule has 1 aromatic rings. The predicted octanol–water partition coefficient (Wildman–Crippen LogP) is 3.04. The molecule has 1 saturated carbocycles. The lowest BCUT2D eigenvalue weighted by molar-refractivity contribution is -0.384. The van der Waals surface area contributed by atoms with Gasteiger partial charge in [-0.1, -0.05) is 25.0 Å². The van der Waals surface area contributed by atoms with Gasteiger partial charge in [0.1, 0.15) is 0 Å². The summed E-state index contributed by atoms with van der Waals surface area (Å²) in [5.74, 6) is 0.944. The third kappa shape index (κ3) is 4.25. The van der Waals surface area contributed by atoms with E-state index >= 15 is 0 Å². The van der Waals surface area contributed by atoms with Crippen LogP contribution in [0.3, 0.4) is 0 Å². The summed E-state index contributed by atoms with van der Waals surface area (Å²) in [5.41, 5.74) is 1.18. The van der Waals surface area contributed by atoms with E-state index in [4.69, 9.17) is 0 Å². The third-order valence-corrected chi connectivity index (χ3v) is 4.59. The van der Waals surface area contributed by atoms with Gasteiger partial charge < -0.3 is 10.4 Å². The summed E-state index contributed by atoms with van der Waals surface area (Å²) in [6.45, 7) is 3.24. The van der Waals surface area contributed by atoms with Crippen LogP contribution in [0.4, 0.5) is 5.69 Å². The molecule has 0 heterocycles. The molecule has 2 rings (SSSR count). The van der Waals surface area contributed by atoms with Crippen LogP contribution in [-0.4, -0.2) is 23.2 Å². The topological polar surface area (TPSA) is 75.4 Å². The number of nitro groups is 1. The van der Waals surface area contributed by atoms with Crippen LogP contribution >= 0.6 is 0 Å². The van der Waals surface area contributed by atoms with Crippen LogP contribution in [0.25, 0.3) is 0 Å². The number of hydrogen-bond acceptors (Lipinski definition) is 4. The molecule has 1 aliphatic carbocycles. The van der Waals surface area contributed by atoms with Crippen molar-refractivity contribution in [2.24, 2.45) is 11.8 Å². The summed E-state index contributed by atoms with van der Waals surface area (Å²) in [4.78, 5) is 10.3. The number of rotatable bonds is 6. The standard InChI is InChI=1S/C16H24N2O3/c1-12(13-6-8-16(9-7-13)18(20)21)17-10-14-4-2-3-5-15(14)11-19/h6-9,12,14-15,17,19H,2-5,10-11H2,1H3. The Morgan fingerprint density at radius 2 is 1.90 bits per heavy atom. The number of nitrogens with one attached hydrogen (secondary N) is 1. The van der Waals surface area contributed by atoms with E-state index in [9.17, 15) is 15.2 Å². The van der Waals surface area contributed by atoms with Crippen LogP contribution in [0.2, 0.25) is 0 Å². The number of hydrogen-bond donors (Lipinski definition) is 2. The third-order valence-electron chi connectivity index (χ3n) is 4.59. The van der Waals surface area contributed by atoms with Gasteiger partial charge in [-0.15, -0.1) is 0 Å². The molecule has 2 N–H and O–H groups in total. The molecule has 1 aliphatic rings. The molecular formula is C16H24N2O3. The summed E-state index contributed by atoms with van der Waals surface area (Å²) in [6, 6.07) is 6.86. The van der Waals surface area contributed by atoms with Crippen molar-refractivity contribution in [3.8, 4) is 0 Å². The van der Waals surface area contributed by atoms with Crippen LogP contribution in [0, 0.1) is 22.0 Å². The Morgan fingerprint density at radius 1 is 1.29 bits per heavy atom. The highest BCUT2D eigenvalue weighted by Crippen LogP contribution is 2.29. The van der Waals surface area contributed by atoms with Gasteiger partial charge in [0.25, 0.3) is 5.69 Å². The number of aliphatic hydroxyl groups is 1. The van der Waals surface area contributed by atoms with E-state index in [0.717, 1.165) is 18.5 Å². The number of nitro benzene ring substituents is 1. The van der Waals surface area contributed by atoms with Gasteiger partial charge in [0, 0.05) is 24.8 Å². The largest absolute Gasteiger partial charge is 0.396 e. The fourth-order valence-corrected chi connectivity index (χ4v) is 3.12. The summed E-state index contributed by atoms with van der Waals surface area (Å²) in [6.07, 6.45) is 4.76. The normalized spacial score (nSPS) is 23.7. The number of aliphatic hydroxyl groups excluding tert-OH is 1. The highest BCUT2D eigenvalue weighted by molar-refractivity contribution is 5.34. The van der Waals surface area contributed by atoms with Crippen LogP contribution in [0.1, 0.15) is 44.2 Å². The molecule has 0 radical (unpaired) electrons. The molecule has 3 unspecified atom stereocenters. The van der Waals surface area contributed by atoms with Crippen molar-refractivity contribution >= 4 is 5.69 Å². The smallest absolute Gasteiger partial charge is 0.269 e. The molecule has 0 spiro atoms. The second-order valence-electron chi connectivity index (χ2n) is 5.97. The van der Waals surface area contributed by atoms with Crippen molar-refractivity contribution < 1.29 is 10.0 Å². The lowest BCUT2D eigenvalue weighted by Gasteiger charge is -2.31. The second kappa shape index (κ2) is 7.52. The zero-order chi connectivity index (χ0) is 15.2. The molecule has 0 saturated heterocycles. The minimum Gasteiger partial charge on any atom is -0.396 e. The zero-order valence-corrected chi connectivity index (χ0v) is 12.5. The molecule has 5 nitrogen and oxygen atoms in total. The number of nitrogens with zero attached hydrogens (tertiary/aromatic N) is 1. The van der Waals surface area contributed by atoms with E-state index in [1.165, 1.54) is 19.3 Å². The quantitative estimate of drug-likeness (QED) is 0.624. The summed E-state index contributed by atoms with van der Waals surface area (Å²) in [5, 5.41) is 23.6. The predicted molar refractivity (Wildman–Crippen MR) is 82.0 cm³/mol. The van der Waals surface area contributed by atoms with E-state index < -0.39 is 0 Å². The van der Waals surface area contributed by atoms with E-state index in [0.29, 0.717) is 11.8 Å². The second-order valence-corrected chi connectivity index (χ2v) is 5.97. The molecule has 1 fully saturated rings. The Balaban J connectivity index is 1.88. The molecule has 1 aromatic carbocycles. The molecule has 0 bridgehead atoms. The Hall–Kier alpha value is -1.46. The number of non-ortho nitro benzene ring substituents is 1. The first-order valence-electron chi connectivity index (χ1n) is 7.70. The van der Waals surface area contributed by atoms with Gasteiger partial charge in [0.15, 0.2) is 0 Å². The highest BCUT2D eigenvalue weighted by atomic mass is 16.6. The molecule has 0 amide bonds. The molecule has 3 atom stereocenters. The van der Waals surface area contributed by atoms with Gasteiger partial charge >= 0.3 is 0 Å². The van der Waals surface area contributed by atoms with E-state index in [1.807, 2.05) is 0 Å². The number of benzene rings is 1. The van der Waals surface area contributed by atoms with E-state index in [-0.39, 0.29) is 23.3 Å². The fraction of sp³-hybridized carbons (Fsp3) is 0.625. The maximum atomic E-state index is 10.6. The molecule has 116 valence electrons. The first kappa shape index (κ1) is 15.9. The van der Waals surface area contributed by atoms with Crippen molar-refractivity contribution in [1.82, 2.24) is 5.32 Å². The summed E-state index contributed by atoms with van der Waals surface area (Å²) < 4.78 is 0. The fourth-order valence-electron chi connectivity index (χ4n) is 3.12. The van der Waals surface area contributed by atoms with Crippen molar-refractivity contribution in [3.63, 3.8) is 0 Å². The van der Waals surface area contributed by atoms with E-state index in [2.05, 4.69) is 12.2 Å². The molecule has 0 aliphatic heterocycles. The Bertz CT molecular complexity index is 461. The Labute approximate surface area is 125 Å². The lowest BCUT2D eigenvalue weighted by Crippen LogP contribution is -2.33. The molecular weight excluding hydrogens is 268 g/mol. The maximum absolute atomic E-state index is 10.6. The summed E-state index contributed by atoms with van der Waals surface area (Å²) in [7, 11) is 0. The van der Waals surface area contributed by atoms with Gasteiger partial charge in [0.05, 0.1) is 4.92 Å². The SMILES string of the molecule is CC(NCC1CCCCC1CO)c1ccc([N+](=O)[O-])cc1. The van der Waals surface area contributed by atoms with Gasteiger partial charge in [-0.2, -0.15) is 0 Å². The van der Waals surface area contributed by atoms with Crippen molar-refractivity contribution in [2.75, 3.05) is 13.2 Å². The van der Waals surface area contributed by atoms with Crippen molar-refractivity contribution in [3.05, 3.63) is 39.9 Å². The highest BCUT2D eigenvalue weighted by Gasteiger charge is 2.24. The van der Waals surface area contributed by atoms with Crippen LogP contribution in [0.5, 0.6) is 0 Å². The van der Waals surface area contributed by atoms with Gasteiger partial charge in [-0.3, -0.25) is 10.1 Å². The average molecular weight is 292 g/mol.